The molecule has 0 bridgehead atoms. The standard InChI is InChI=1S/C42H40N2O5/c1-47-38-18-9-8-17-36(38)30-43-41(46)42(27-10-14-31-12-4-2-5-13-31)39(34-21-19-33(20-22-34)32-15-6-3-7-16-32)49-40(44-42)35-23-25-37(26-24-35)48-29-11-28-45/h2-10,12-26,39,45H,11,27-30H2,1H3,(H,43,46)/b14-10+/t39-,42-/m1/s1. The number of hydrogen-bond acceptors (Lipinski definition) is 6. The molecule has 2 N–H and O–H groups in total. The first kappa shape index (κ1) is 33.2. The molecule has 1 aliphatic heterocycles. The summed E-state index contributed by atoms with van der Waals surface area (Å²) in [4.78, 5) is 19.8. The van der Waals surface area contributed by atoms with E-state index in [0.29, 0.717) is 30.4 Å². The molecule has 2 atom stereocenters. The van der Waals surface area contributed by atoms with E-state index in [4.69, 9.17) is 24.3 Å². The molecule has 7 heteroatoms. The summed E-state index contributed by atoms with van der Waals surface area (Å²) in [6.45, 7) is 0.741. The largest absolute Gasteiger partial charge is 0.496 e. The molecule has 0 fully saturated rings. The van der Waals surface area contributed by atoms with Crippen LogP contribution in [-0.2, 0) is 16.1 Å². The number of rotatable bonds is 14. The Morgan fingerprint density at radius 2 is 1.49 bits per heavy atom. The highest BCUT2D eigenvalue weighted by Gasteiger charge is 2.52. The molecular weight excluding hydrogens is 612 g/mol. The van der Waals surface area contributed by atoms with E-state index < -0.39 is 11.6 Å². The van der Waals surface area contributed by atoms with Crippen molar-refractivity contribution in [2.45, 2.75) is 31.0 Å². The van der Waals surface area contributed by atoms with E-state index in [1.54, 1.807) is 7.11 Å². The van der Waals surface area contributed by atoms with E-state index in [-0.39, 0.29) is 25.5 Å². The van der Waals surface area contributed by atoms with Gasteiger partial charge in [-0.05, 0) is 52.6 Å². The number of carbonyl (C=O) groups excluding carboxylic acids is 1. The van der Waals surface area contributed by atoms with Crippen LogP contribution in [0.4, 0.5) is 0 Å². The van der Waals surface area contributed by atoms with Gasteiger partial charge < -0.3 is 24.6 Å². The average molecular weight is 653 g/mol. The second kappa shape index (κ2) is 16.0. The quantitative estimate of drug-likeness (QED) is 0.120. The summed E-state index contributed by atoms with van der Waals surface area (Å²) >= 11 is 0. The van der Waals surface area contributed by atoms with E-state index in [1.165, 1.54) is 0 Å². The highest BCUT2D eigenvalue weighted by molar-refractivity contribution is 6.01. The number of benzene rings is 5. The summed E-state index contributed by atoms with van der Waals surface area (Å²) < 4.78 is 18.0. The number of methoxy groups -OCH3 is 1. The van der Waals surface area contributed by atoms with Crippen molar-refractivity contribution in [3.63, 3.8) is 0 Å². The number of nitrogens with zero attached hydrogens (tertiary/aromatic N) is 1. The fourth-order valence-corrected chi connectivity index (χ4v) is 5.91. The Kier molecular flexibility index (Phi) is 10.8. The summed E-state index contributed by atoms with van der Waals surface area (Å²) in [5.74, 6) is 1.49. The van der Waals surface area contributed by atoms with Crippen LogP contribution < -0.4 is 14.8 Å². The molecule has 0 saturated heterocycles. The lowest BCUT2D eigenvalue weighted by Crippen LogP contribution is -2.47. The molecule has 0 saturated carbocycles. The molecule has 0 radical (unpaired) electrons. The highest BCUT2D eigenvalue weighted by Crippen LogP contribution is 2.43. The lowest BCUT2D eigenvalue weighted by molar-refractivity contribution is -0.129. The maximum atomic E-state index is 14.6. The van der Waals surface area contributed by atoms with E-state index >= 15 is 0 Å². The van der Waals surface area contributed by atoms with Crippen molar-refractivity contribution < 1.29 is 24.1 Å². The number of aliphatic imine (C=N–C) groups is 1. The van der Waals surface area contributed by atoms with Gasteiger partial charge in [-0.25, -0.2) is 4.99 Å². The highest BCUT2D eigenvalue weighted by atomic mass is 16.5. The third kappa shape index (κ3) is 7.91. The van der Waals surface area contributed by atoms with Gasteiger partial charge in [-0.3, -0.25) is 4.79 Å². The minimum atomic E-state index is -1.33. The van der Waals surface area contributed by atoms with Crippen molar-refractivity contribution in [2.24, 2.45) is 4.99 Å². The normalized spacial score (nSPS) is 16.9. The minimum Gasteiger partial charge on any atom is -0.496 e. The topological polar surface area (TPSA) is 89.4 Å². The summed E-state index contributed by atoms with van der Waals surface area (Å²) in [6, 6.07) is 43.4. The van der Waals surface area contributed by atoms with Crippen LogP contribution in [0.3, 0.4) is 0 Å². The first-order chi connectivity index (χ1) is 24.1. The monoisotopic (exact) mass is 652 g/mol. The number of carbonyl (C=O) groups is 1. The van der Waals surface area contributed by atoms with E-state index in [1.807, 2.05) is 121 Å². The molecule has 49 heavy (non-hydrogen) atoms. The molecule has 0 aliphatic carbocycles. The molecule has 7 nitrogen and oxygen atoms in total. The van der Waals surface area contributed by atoms with Crippen LogP contribution in [0, 0.1) is 0 Å². The van der Waals surface area contributed by atoms with Gasteiger partial charge in [0.15, 0.2) is 11.6 Å². The van der Waals surface area contributed by atoms with Crippen molar-refractivity contribution in [3.8, 4) is 22.6 Å². The zero-order valence-corrected chi connectivity index (χ0v) is 27.5. The van der Waals surface area contributed by atoms with Crippen LogP contribution in [-0.4, -0.2) is 42.8 Å². The molecular formula is C42H40N2O5. The molecule has 1 aliphatic rings. The fraction of sp³-hybridized carbons (Fsp3) is 0.190. The van der Waals surface area contributed by atoms with Crippen LogP contribution in [0.15, 0.2) is 145 Å². The first-order valence-electron chi connectivity index (χ1n) is 16.5. The van der Waals surface area contributed by atoms with Crippen molar-refractivity contribution in [1.29, 1.82) is 0 Å². The molecule has 5 aromatic carbocycles. The maximum Gasteiger partial charge on any atom is 0.252 e. The predicted molar refractivity (Wildman–Crippen MR) is 194 cm³/mol. The number of aliphatic hydroxyl groups excluding tert-OH is 1. The van der Waals surface area contributed by atoms with E-state index in [2.05, 4.69) is 29.6 Å². The Balaban J connectivity index is 1.39. The first-order valence-corrected chi connectivity index (χ1v) is 16.5. The van der Waals surface area contributed by atoms with Gasteiger partial charge in [0.1, 0.15) is 11.5 Å². The zero-order chi connectivity index (χ0) is 33.9. The van der Waals surface area contributed by atoms with Crippen molar-refractivity contribution in [2.75, 3.05) is 20.3 Å². The summed E-state index contributed by atoms with van der Waals surface area (Å²) in [7, 11) is 1.62. The SMILES string of the molecule is COc1ccccc1CNC(=O)[C@]1(C/C=C/c2ccccc2)N=C(c2ccc(OCCCO)cc2)O[C@@H]1c1ccc(-c2ccccc2)cc1. The van der Waals surface area contributed by atoms with Crippen molar-refractivity contribution in [1.82, 2.24) is 5.32 Å². The van der Waals surface area contributed by atoms with Gasteiger partial charge in [0.05, 0.1) is 13.7 Å². The number of para-hydroxylation sites is 1. The van der Waals surface area contributed by atoms with Gasteiger partial charge in [-0.1, -0.05) is 115 Å². The molecule has 0 aromatic heterocycles. The molecule has 248 valence electrons. The molecule has 6 rings (SSSR count). The van der Waals surface area contributed by atoms with Crippen molar-refractivity contribution >= 4 is 17.9 Å². The van der Waals surface area contributed by atoms with E-state index in [9.17, 15) is 4.79 Å². The number of nitrogens with one attached hydrogen (secondary N) is 1. The van der Waals surface area contributed by atoms with Crippen LogP contribution in [0.5, 0.6) is 11.5 Å². The van der Waals surface area contributed by atoms with Gasteiger partial charge in [-0.15, -0.1) is 0 Å². The predicted octanol–water partition coefficient (Wildman–Crippen LogP) is 7.80. The van der Waals surface area contributed by atoms with Gasteiger partial charge in [-0.2, -0.15) is 0 Å². The zero-order valence-electron chi connectivity index (χ0n) is 27.5. The van der Waals surface area contributed by atoms with Gasteiger partial charge in [0, 0.05) is 37.1 Å². The molecule has 0 unspecified atom stereocenters. The van der Waals surface area contributed by atoms with Crippen LogP contribution in [0.2, 0.25) is 0 Å². The second-order valence-electron chi connectivity index (χ2n) is 11.8. The molecule has 1 amide bonds. The maximum absolute atomic E-state index is 14.6. The fourth-order valence-electron chi connectivity index (χ4n) is 5.91. The summed E-state index contributed by atoms with van der Waals surface area (Å²) in [6.07, 6.45) is 4.13. The Morgan fingerprint density at radius 1 is 0.837 bits per heavy atom. The van der Waals surface area contributed by atoms with Crippen molar-refractivity contribution in [3.05, 3.63) is 162 Å². The minimum absolute atomic E-state index is 0.0658. The Hall–Kier alpha value is -5.66. The van der Waals surface area contributed by atoms with Crippen LogP contribution in [0.1, 0.15) is 41.2 Å². The Morgan fingerprint density at radius 3 is 2.20 bits per heavy atom. The Bertz CT molecular complexity index is 1870. The average Bonchev–Trinajstić information content (AvgIpc) is 3.56. The number of hydrogen-bond donors (Lipinski definition) is 2. The second-order valence-corrected chi connectivity index (χ2v) is 11.8. The van der Waals surface area contributed by atoms with E-state index in [0.717, 1.165) is 33.4 Å². The molecule has 1 heterocycles. The third-order valence-corrected chi connectivity index (χ3v) is 8.52. The van der Waals surface area contributed by atoms with Crippen LogP contribution in [0.25, 0.3) is 17.2 Å². The number of amides is 1. The van der Waals surface area contributed by atoms with Gasteiger partial charge in [0.25, 0.3) is 5.91 Å². The van der Waals surface area contributed by atoms with Crippen LogP contribution >= 0.6 is 0 Å². The molecule has 5 aromatic rings. The smallest absolute Gasteiger partial charge is 0.252 e. The summed E-state index contributed by atoms with van der Waals surface area (Å²) in [5, 5.41) is 12.3. The molecule has 0 spiro atoms. The van der Waals surface area contributed by atoms with Gasteiger partial charge >= 0.3 is 0 Å². The Labute approximate surface area is 287 Å². The third-order valence-electron chi connectivity index (χ3n) is 8.52. The lowest BCUT2D eigenvalue weighted by atomic mass is 9.83. The van der Waals surface area contributed by atoms with Gasteiger partial charge in [0.2, 0.25) is 5.90 Å². The number of aliphatic hydroxyl groups is 1. The summed E-state index contributed by atoms with van der Waals surface area (Å²) in [5.41, 5.74) is 4.29. The lowest BCUT2D eigenvalue weighted by Gasteiger charge is -2.30. The number of ether oxygens (including phenoxy) is 3.